The van der Waals surface area contributed by atoms with E-state index in [4.69, 9.17) is 11.6 Å². The van der Waals surface area contributed by atoms with Gasteiger partial charge in [-0.05, 0) is 47.5 Å². The molecule has 1 aromatic heterocycles. The Balaban J connectivity index is 1.72. The van der Waals surface area contributed by atoms with E-state index in [1.807, 2.05) is 48.6 Å². The van der Waals surface area contributed by atoms with Gasteiger partial charge in [-0.25, -0.2) is 4.39 Å². The molecule has 0 amide bonds. The first-order valence-electron chi connectivity index (χ1n) is 8.67. The molecule has 0 fully saturated rings. The first-order valence-corrected chi connectivity index (χ1v) is 9.05. The summed E-state index contributed by atoms with van der Waals surface area (Å²) < 4.78 is 13.1. The van der Waals surface area contributed by atoms with Gasteiger partial charge in [-0.15, -0.1) is 0 Å². The average Bonchev–Trinajstić information content (AvgIpc) is 3.05. The summed E-state index contributed by atoms with van der Waals surface area (Å²) in [4.78, 5) is 3.46. The van der Waals surface area contributed by atoms with Crippen LogP contribution >= 0.6 is 11.6 Å². The minimum absolute atomic E-state index is 0.232. The predicted octanol–water partition coefficient (Wildman–Crippen LogP) is 7.30. The molecule has 0 aliphatic carbocycles. The van der Waals surface area contributed by atoms with Crippen LogP contribution in [-0.2, 0) is 0 Å². The Morgan fingerprint density at radius 1 is 0.704 bits per heavy atom. The average molecular weight is 374 g/mol. The van der Waals surface area contributed by atoms with Gasteiger partial charge in [-0.3, -0.25) is 0 Å². The van der Waals surface area contributed by atoms with Gasteiger partial charge in [0.2, 0.25) is 0 Å². The second-order valence-corrected chi connectivity index (χ2v) is 6.70. The van der Waals surface area contributed by atoms with Crippen molar-refractivity contribution in [3.63, 3.8) is 0 Å². The van der Waals surface area contributed by atoms with Crippen molar-refractivity contribution < 1.29 is 4.39 Å². The molecule has 1 nitrogen and oxygen atoms in total. The molecule has 3 heteroatoms. The topological polar surface area (TPSA) is 15.8 Å². The van der Waals surface area contributed by atoms with Crippen LogP contribution in [0.25, 0.3) is 35.2 Å². The van der Waals surface area contributed by atoms with Crippen molar-refractivity contribution in [1.82, 2.24) is 4.98 Å². The van der Waals surface area contributed by atoms with Gasteiger partial charge < -0.3 is 4.98 Å². The second-order valence-electron chi connectivity index (χ2n) is 6.27. The Hall–Kier alpha value is -3.10. The second kappa shape index (κ2) is 7.65. The van der Waals surface area contributed by atoms with Crippen molar-refractivity contribution in [2.45, 2.75) is 0 Å². The summed E-state index contributed by atoms with van der Waals surface area (Å²) in [6.45, 7) is 0. The Labute approximate surface area is 162 Å². The summed E-state index contributed by atoms with van der Waals surface area (Å²) in [5.74, 6) is -0.232. The lowest BCUT2D eigenvalue weighted by Crippen LogP contribution is -1.78. The highest BCUT2D eigenvalue weighted by Gasteiger charge is 2.06. The third kappa shape index (κ3) is 4.02. The summed E-state index contributed by atoms with van der Waals surface area (Å²) in [7, 11) is 0. The first kappa shape index (κ1) is 17.3. The summed E-state index contributed by atoms with van der Waals surface area (Å²) in [5.41, 5.74) is 5.22. The molecule has 0 aliphatic rings. The Kier molecular flexibility index (Phi) is 4.91. The lowest BCUT2D eigenvalue weighted by Gasteiger charge is -1.97. The molecule has 0 saturated carbocycles. The van der Waals surface area contributed by atoms with Crippen LogP contribution in [0.3, 0.4) is 0 Å². The van der Waals surface area contributed by atoms with Crippen molar-refractivity contribution in [2.75, 3.05) is 0 Å². The highest BCUT2D eigenvalue weighted by Crippen LogP contribution is 2.26. The smallest absolute Gasteiger partial charge is 0.123 e. The van der Waals surface area contributed by atoms with Crippen molar-refractivity contribution >= 4 is 46.8 Å². The maximum absolute atomic E-state index is 13.1. The van der Waals surface area contributed by atoms with Crippen molar-refractivity contribution in [2.24, 2.45) is 0 Å². The van der Waals surface area contributed by atoms with E-state index >= 15 is 0 Å². The summed E-state index contributed by atoms with van der Waals surface area (Å²) in [6.07, 6.45) is 8.17. The molecule has 0 saturated heterocycles. The molecule has 4 aromatic rings. The zero-order valence-corrected chi connectivity index (χ0v) is 15.2. The van der Waals surface area contributed by atoms with E-state index in [9.17, 15) is 4.39 Å². The van der Waals surface area contributed by atoms with Gasteiger partial charge in [0.05, 0.1) is 0 Å². The number of H-pyrrole nitrogens is 1. The maximum atomic E-state index is 13.1. The fraction of sp³-hybridized carbons (Fsp3) is 0. The number of aromatic amines is 1. The molecule has 1 heterocycles. The third-order valence-electron chi connectivity index (χ3n) is 4.40. The lowest BCUT2D eigenvalue weighted by atomic mass is 10.1. The Morgan fingerprint density at radius 3 is 2.07 bits per heavy atom. The van der Waals surface area contributed by atoms with E-state index < -0.39 is 0 Å². The summed E-state index contributed by atoms with van der Waals surface area (Å²) in [5, 5.41) is 1.88. The first-order chi connectivity index (χ1) is 13.2. The molecule has 0 spiro atoms. The zero-order valence-electron chi connectivity index (χ0n) is 14.5. The quantitative estimate of drug-likeness (QED) is 0.386. The minimum Gasteiger partial charge on any atom is -0.355 e. The van der Waals surface area contributed by atoms with Gasteiger partial charge in [0, 0.05) is 27.2 Å². The van der Waals surface area contributed by atoms with Gasteiger partial charge in [0.25, 0.3) is 0 Å². The van der Waals surface area contributed by atoms with Crippen LogP contribution in [0.1, 0.15) is 22.4 Å². The van der Waals surface area contributed by atoms with Crippen LogP contribution in [0, 0.1) is 5.82 Å². The van der Waals surface area contributed by atoms with E-state index in [1.165, 1.54) is 12.1 Å². The standard InChI is InChI=1S/C24H17ClFN/c25-19-11-5-17(6-12-19)9-15-22-21-3-1-2-4-23(21)27-24(22)16-10-18-7-13-20(26)14-8-18/h1-16,27H/b15-9+,16-10+. The molecule has 0 atom stereocenters. The molecule has 0 unspecified atom stereocenters. The normalized spacial score (nSPS) is 11.8. The molecule has 0 bridgehead atoms. The van der Waals surface area contributed by atoms with E-state index in [1.54, 1.807) is 12.1 Å². The fourth-order valence-electron chi connectivity index (χ4n) is 3.00. The molecular formula is C24H17ClFN. The van der Waals surface area contributed by atoms with Crippen molar-refractivity contribution in [3.05, 3.63) is 106 Å². The minimum atomic E-state index is -0.232. The zero-order chi connectivity index (χ0) is 18.6. The number of rotatable bonds is 4. The maximum Gasteiger partial charge on any atom is 0.123 e. The molecule has 0 aliphatic heterocycles. The largest absolute Gasteiger partial charge is 0.355 e. The molecular weight excluding hydrogens is 357 g/mol. The molecule has 4 rings (SSSR count). The van der Waals surface area contributed by atoms with E-state index in [0.29, 0.717) is 0 Å². The number of hydrogen-bond donors (Lipinski definition) is 1. The lowest BCUT2D eigenvalue weighted by molar-refractivity contribution is 0.628. The number of fused-ring (bicyclic) bond motifs is 1. The van der Waals surface area contributed by atoms with Crippen LogP contribution < -0.4 is 0 Å². The van der Waals surface area contributed by atoms with E-state index in [2.05, 4.69) is 29.3 Å². The third-order valence-corrected chi connectivity index (χ3v) is 4.65. The fourth-order valence-corrected chi connectivity index (χ4v) is 3.13. The number of halogens is 2. The number of para-hydroxylation sites is 1. The van der Waals surface area contributed by atoms with Gasteiger partial charge in [0.1, 0.15) is 5.82 Å². The monoisotopic (exact) mass is 373 g/mol. The van der Waals surface area contributed by atoms with Gasteiger partial charge in [-0.2, -0.15) is 0 Å². The van der Waals surface area contributed by atoms with Crippen LogP contribution in [0.15, 0.2) is 72.8 Å². The predicted molar refractivity (Wildman–Crippen MR) is 114 cm³/mol. The van der Waals surface area contributed by atoms with Gasteiger partial charge in [0.15, 0.2) is 0 Å². The number of hydrogen-bond acceptors (Lipinski definition) is 0. The van der Waals surface area contributed by atoms with E-state index in [0.717, 1.165) is 38.3 Å². The molecule has 132 valence electrons. The number of benzene rings is 3. The highest BCUT2D eigenvalue weighted by molar-refractivity contribution is 6.30. The van der Waals surface area contributed by atoms with Crippen LogP contribution in [-0.4, -0.2) is 4.98 Å². The summed E-state index contributed by atoms with van der Waals surface area (Å²) in [6, 6.07) is 22.4. The highest BCUT2D eigenvalue weighted by atomic mass is 35.5. The number of aromatic nitrogens is 1. The summed E-state index contributed by atoms with van der Waals surface area (Å²) >= 11 is 5.96. The van der Waals surface area contributed by atoms with Crippen molar-refractivity contribution in [3.8, 4) is 0 Å². The van der Waals surface area contributed by atoms with Gasteiger partial charge >= 0.3 is 0 Å². The number of nitrogens with one attached hydrogen (secondary N) is 1. The van der Waals surface area contributed by atoms with Crippen LogP contribution in [0.2, 0.25) is 5.02 Å². The van der Waals surface area contributed by atoms with Crippen LogP contribution in [0.4, 0.5) is 4.39 Å². The van der Waals surface area contributed by atoms with E-state index in [-0.39, 0.29) is 5.82 Å². The van der Waals surface area contributed by atoms with Crippen molar-refractivity contribution in [1.29, 1.82) is 0 Å². The molecule has 0 radical (unpaired) electrons. The molecule has 27 heavy (non-hydrogen) atoms. The molecule has 1 N–H and O–H groups in total. The van der Waals surface area contributed by atoms with Gasteiger partial charge in [-0.1, -0.05) is 72.3 Å². The van der Waals surface area contributed by atoms with Crippen LogP contribution in [0.5, 0.6) is 0 Å². The molecule has 3 aromatic carbocycles. The Morgan fingerprint density at radius 2 is 1.33 bits per heavy atom. The SMILES string of the molecule is Fc1ccc(/C=C/c2[nH]c3ccccc3c2/C=C/c2ccc(Cl)cc2)cc1. The Bertz CT molecular complexity index is 1120.